The van der Waals surface area contributed by atoms with Crippen LogP contribution in [0.5, 0.6) is 0 Å². The number of rotatable bonds is 4. The van der Waals surface area contributed by atoms with Crippen molar-refractivity contribution < 1.29 is 4.79 Å². The Morgan fingerprint density at radius 1 is 1.03 bits per heavy atom. The molecule has 0 atom stereocenters. The number of allylic oxidation sites excluding steroid dienone is 2. The van der Waals surface area contributed by atoms with Gasteiger partial charge in [0, 0.05) is 23.0 Å². The molecule has 0 bridgehead atoms. The normalized spacial score (nSPS) is 20.1. The van der Waals surface area contributed by atoms with Gasteiger partial charge < -0.3 is 4.90 Å². The summed E-state index contributed by atoms with van der Waals surface area (Å²) in [7, 11) is 0. The molecule has 7 heteroatoms. The van der Waals surface area contributed by atoms with Crippen LogP contribution in [0.4, 0.5) is 11.4 Å². The zero-order chi connectivity index (χ0) is 21.3. The number of aryl methyl sites for hydroxylation is 1. The van der Waals surface area contributed by atoms with Crippen molar-refractivity contribution in [2.24, 2.45) is 4.99 Å². The lowest BCUT2D eigenvalue weighted by Gasteiger charge is -2.17. The Bertz CT molecular complexity index is 1090. The number of carbonyl (C=O) groups is 1. The average molecular weight is 456 g/mol. The molecule has 4 rings (SSSR count). The number of para-hydroxylation sites is 1. The highest BCUT2D eigenvalue weighted by atomic mass is 35.5. The monoisotopic (exact) mass is 455 g/mol. The van der Waals surface area contributed by atoms with Gasteiger partial charge in [-0.2, -0.15) is 0 Å². The first-order valence-corrected chi connectivity index (χ1v) is 11.8. The van der Waals surface area contributed by atoms with E-state index in [1.807, 2.05) is 68.5 Å². The van der Waals surface area contributed by atoms with Crippen LogP contribution < -0.4 is 4.90 Å². The van der Waals surface area contributed by atoms with Crippen LogP contribution in [-0.2, 0) is 4.79 Å². The molecule has 154 valence electrons. The zero-order valence-electron chi connectivity index (χ0n) is 17.1. The Morgan fingerprint density at radius 2 is 1.80 bits per heavy atom. The van der Waals surface area contributed by atoms with Crippen molar-refractivity contribution in [3.8, 4) is 0 Å². The third-order valence-corrected chi connectivity index (χ3v) is 7.31. The van der Waals surface area contributed by atoms with E-state index in [9.17, 15) is 4.79 Å². The van der Waals surface area contributed by atoms with Crippen molar-refractivity contribution in [2.45, 2.75) is 25.7 Å². The number of anilines is 1. The Balaban J connectivity index is 1.63. The highest BCUT2D eigenvalue weighted by Gasteiger charge is 2.32. The predicted molar refractivity (Wildman–Crippen MR) is 130 cm³/mol. The molecular weight excluding hydrogens is 434 g/mol. The summed E-state index contributed by atoms with van der Waals surface area (Å²) in [5.41, 5.74) is 3.09. The summed E-state index contributed by atoms with van der Waals surface area (Å²) in [4.78, 5) is 23.5. The summed E-state index contributed by atoms with van der Waals surface area (Å²) >= 11 is 9.31. The lowest BCUT2D eigenvalue weighted by atomic mass is 10.2. The largest absolute Gasteiger partial charge is 0.335 e. The Labute approximate surface area is 190 Å². The van der Waals surface area contributed by atoms with Crippen molar-refractivity contribution in [1.29, 1.82) is 0 Å². The number of hydrogen-bond donors (Lipinski definition) is 0. The first-order chi connectivity index (χ1) is 14.5. The third kappa shape index (κ3) is 4.04. The van der Waals surface area contributed by atoms with Crippen molar-refractivity contribution in [3.63, 3.8) is 0 Å². The number of likely N-dealkylation sites (N-methyl/N-ethyl adjacent to an activating group) is 1. The molecule has 2 aliphatic heterocycles. The third-order valence-electron chi connectivity index (χ3n) is 4.92. The van der Waals surface area contributed by atoms with E-state index in [0.717, 1.165) is 38.7 Å². The molecule has 1 fully saturated rings. The van der Waals surface area contributed by atoms with E-state index in [1.54, 1.807) is 16.7 Å². The molecule has 2 heterocycles. The van der Waals surface area contributed by atoms with Gasteiger partial charge in [-0.3, -0.25) is 9.69 Å². The van der Waals surface area contributed by atoms with Crippen LogP contribution in [0.2, 0.25) is 5.02 Å². The van der Waals surface area contributed by atoms with Gasteiger partial charge >= 0.3 is 0 Å². The lowest BCUT2D eigenvalue weighted by molar-refractivity contribution is -0.122. The molecule has 0 unspecified atom stereocenters. The number of aliphatic imine (C=N–C) groups is 1. The van der Waals surface area contributed by atoms with Crippen molar-refractivity contribution in [3.05, 3.63) is 75.1 Å². The number of nitrogens with zero attached hydrogens (tertiary/aromatic N) is 3. The summed E-state index contributed by atoms with van der Waals surface area (Å²) in [6.45, 7) is 7.53. The predicted octanol–water partition coefficient (Wildman–Crippen LogP) is 6.59. The Hall–Kier alpha value is -2.15. The van der Waals surface area contributed by atoms with Crippen LogP contribution >= 0.6 is 35.1 Å². The molecule has 30 heavy (non-hydrogen) atoms. The minimum Gasteiger partial charge on any atom is -0.335 e. The molecule has 2 aromatic carbocycles. The molecule has 0 spiro atoms. The van der Waals surface area contributed by atoms with Gasteiger partial charge in [-0.15, -0.1) is 0 Å². The first-order valence-electron chi connectivity index (χ1n) is 9.82. The number of amides is 1. The summed E-state index contributed by atoms with van der Waals surface area (Å²) in [6.07, 6.45) is 3.93. The molecule has 1 saturated heterocycles. The second-order valence-electron chi connectivity index (χ2n) is 6.83. The van der Waals surface area contributed by atoms with Crippen LogP contribution in [0.3, 0.4) is 0 Å². The maximum absolute atomic E-state index is 12.9. The number of carbonyl (C=O) groups excluding carboxylic acids is 1. The molecule has 4 nitrogen and oxygen atoms in total. The summed E-state index contributed by atoms with van der Waals surface area (Å²) in [5.74, 6) is -0.00158. The highest BCUT2D eigenvalue weighted by Crippen LogP contribution is 2.47. The quantitative estimate of drug-likeness (QED) is 0.487. The molecular formula is C23H22ClN3OS2. The fraction of sp³-hybridized carbons (Fsp3) is 0.217. The van der Waals surface area contributed by atoms with E-state index in [0.29, 0.717) is 11.4 Å². The first kappa shape index (κ1) is 21.1. The molecule has 0 N–H and O–H groups in total. The standard InChI is InChI=1S/C23H22ClN3OS2/c1-4-26-18-14-16(24)10-11-19(18)29-21(26)13-12-20-22(28)27(5-2)23(30-20)25-17-9-7-6-8-15(17)3/h6-14H,4-5H2,1-3H3/b20-12+,21-13-,25-23?. The molecule has 0 aliphatic carbocycles. The summed E-state index contributed by atoms with van der Waals surface area (Å²) in [5, 5.41) is 2.54. The van der Waals surface area contributed by atoms with Gasteiger partial charge in [0.2, 0.25) is 0 Å². The van der Waals surface area contributed by atoms with Crippen LogP contribution in [0.15, 0.2) is 74.4 Å². The second kappa shape index (κ2) is 8.92. The SMILES string of the molecule is CCN1C(=O)/C(=C\C=C2/Sc3ccc(Cl)cc3N2CC)SC1=Nc1ccccc1C. The highest BCUT2D eigenvalue weighted by molar-refractivity contribution is 8.18. The van der Waals surface area contributed by atoms with E-state index >= 15 is 0 Å². The molecule has 1 amide bonds. The number of thioether (sulfide) groups is 2. The zero-order valence-corrected chi connectivity index (χ0v) is 19.4. The fourth-order valence-electron chi connectivity index (χ4n) is 3.35. The molecule has 0 aromatic heterocycles. The molecule has 0 radical (unpaired) electrons. The van der Waals surface area contributed by atoms with Crippen molar-refractivity contribution in [2.75, 3.05) is 18.0 Å². The van der Waals surface area contributed by atoms with Crippen LogP contribution in [0.1, 0.15) is 19.4 Å². The van der Waals surface area contributed by atoms with E-state index in [-0.39, 0.29) is 5.91 Å². The van der Waals surface area contributed by atoms with Crippen LogP contribution in [0.25, 0.3) is 0 Å². The van der Waals surface area contributed by atoms with Gasteiger partial charge in [0.1, 0.15) is 0 Å². The number of fused-ring (bicyclic) bond motifs is 1. The fourth-order valence-corrected chi connectivity index (χ4v) is 5.62. The van der Waals surface area contributed by atoms with Gasteiger partial charge in [0.25, 0.3) is 5.91 Å². The molecule has 2 aromatic rings. The number of amidine groups is 1. The smallest absolute Gasteiger partial charge is 0.266 e. The Morgan fingerprint density at radius 3 is 2.53 bits per heavy atom. The summed E-state index contributed by atoms with van der Waals surface area (Å²) in [6, 6.07) is 13.9. The van der Waals surface area contributed by atoms with Crippen molar-refractivity contribution >= 4 is 57.6 Å². The van der Waals surface area contributed by atoms with Gasteiger partial charge in [0.05, 0.1) is 21.3 Å². The topological polar surface area (TPSA) is 35.9 Å². The van der Waals surface area contributed by atoms with E-state index < -0.39 is 0 Å². The minimum absolute atomic E-state index is 0.00158. The van der Waals surface area contributed by atoms with Crippen LogP contribution in [0, 0.1) is 6.92 Å². The van der Waals surface area contributed by atoms with Crippen molar-refractivity contribution in [1.82, 2.24) is 4.90 Å². The van der Waals surface area contributed by atoms with Gasteiger partial charge in [-0.25, -0.2) is 4.99 Å². The van der Waals surface area contributed by atoms with Gasteiger partial charge in [0.15, 0.2) is 5.17 Å². The summed E-state index contributed by atoms with van der Waals surface area (Å²) < 4.78 is 0. The van der Waals surface area contributed by atoms with E-state index in [4.69, 9.17) is 16.6 Å². The second-order valence-corrected chi connectivity index (χ2v) is 9.33. The van der Waals surface area contributed by atoms with Gasteiger partial charge in [-0.1, -0.05) is 41.6 Å². The maximum atomic E-state index is 12.9. The average Bonchev–Trinajstić information content (AvgIpc) is 3.23. The van der Waals surface area contributed by atoms with E-state index in [2.05, 4.69) is 11.8 Å². The maximum Gasteiger partial charge on any atom is 0.266 e. The van der Waals surface area contributed by atoms with Gasteiger partial charge in [-0.05, 0) is 74.5 Å². The lowest BCUT2D eigenvalue weighted by Crippen LogP contribution is -2.28. The number of hydrogen-bond acceptors (Lipinski definition) is 5. The van der Waals surface area contributed by atoms with Crippen LogP contribution in [-0.4, -0.2) is 29.1 Å². The molecule has 2 aliphatic rings. The molecule has 0 saturated carbocycles. The number of halogens is 1. The van der Waals surface area contributed by atoms with E-state index in [1.165, 1.54) is 16.7 Å². The minimum atomic E-state index is -0.00158. The Kier molecular flexibility index (Phi) is 6.27. The number of benzene rings is 2.